The van der Waals surface area contributed by atoms with Crippen molar-refractivity contribution in [2.45, 2.75) is 25.9 Å². The van der Waals surface area contributed by atoms with Gasteiger partial charge >= 0.3 is 6.01 Å². The molecule has 122 valence electrons. The molecular formula is C16H20N4O3. The Morgan fingerprint density at radius 3 is 2.83 bits per heavy atom. The maximum atomic E-state index is 13.0. The number of hydrogen-bond donors (Lipinski definition) is 0. The van der Waals surface area contributed by atoms with E-state index in [0.717, 1.165) is 18.7 Å². The fourth-order valence-electron chi connectivity index (χ4n) is 2.99. The summed E-state index contributed by atoms with van der Waals surface area (Å²) in [6, 6.07) is 5.79. The molecule has 0 radical (unpaired) electrons. The van der Waals surface area contributed by atoms with Crippen LogP contribution in [0.1, 0.15) is 35.6 Å². The highest BCUT2D eigenvalue weighted by molar-refractivity contribution is 5.93. The smallest absolute Gasteiger partial charge is 0.320 e. The Kier molecular flexibility index (Phi) is 4.18. The Balaban J connectivity index is 1.94. The van der Waals surface area contributed by atoms with Crippen LogP contribution in [0.25, 0.3) is 0 Å². The molecular weight excluding hydrogens is 296 g/mol. The summed E-state index contributed by atoms with van der Waals surface area (Å²) in [6.07, 6.45) is 2.89. The molecule has 0 aliphatic carbocycles. The van der Waals surface area contributed by atoms with E-state index in [4.69, 9.17) is 9.47 Å². The third-order valence-electron chi connectivity index (χ3n) is 4.10. The fourth-order valence-corrected chi connectivity index (χ4v) is 2.99. The van der Waals surface area contributed by atoms with E-state index in [0.29, 0.717) is 12.4 Å². The van der Waals surface area contributed by atoms with E-state index in [9.17, 15) is 4.79 Å². The van der Waals surface area contributed by atoms with Crippen molar-refractivity contribution >= 4 is 5.91 Å². The second-order valence-electron chi connectivity index (χ2n) is 5.33. The van der Waals surface area contributed by atoms with E-state index in [1.807, 2.05) is 11.0 Å². The Labute approximate surface area is 134 Å². The SMILES string of the molecule is CC[C@@H]1c2cccn2CCN1C(=O)c1cc(OC)nc(OC)n1. The molecule has 1 atom stereocenters. The number of amides is 1. The molecule has 0 spiro atoms. The van der Waals surface area contributed by atoms with Crippen LogP contribution in [-0.4, -0.2) is 46.1 Å². The van der Waals surface area contributed by atoms with E-state index in [1.54, 1.807) is 6.07 Å². The van der Waals surface area contributed by atoms with Crippen molar-refractivity contribution in [2.75, 3.05) is 20.8 Å². The summed E-state index contributed by atoms with van der Waals surface area (Å²) < 4.78 is 12.4. The number of ether oxygens (including phenoxy) is 2. The van der Waals surface area contributed by atoms with Crippen molar-refractivity contribution in [1.82, 2.24) is 19.4 Å². The van der Waals surface area contributed by atoms with Gasteiger partial charge in [-0.25, -0.2) is 0 Å². The van der Waals surface area contributed by atoms with Gasteiger partial charge in [-0.1, -0.05) is 6.92 Å². The number of carbonyl (C=O) groups is 1. The molecule has 7 heteroatoms. The monoisotopic (exact) mass is 316 g/mol. The first-order valence-corrected chi connectivity index (χ1v) is 7.61. The van der Waals surface area contributed by atoms with E-state index < -0.39 is 0 Å². The van der Waals surface area contributed by atoms with Gasteiger partial charge in [-0.2, -0.15) is 9.97 Å². The molecule has 0 fully saturated rings. The van der Waals surface area contributed by atoms with Gasteiger partial charge in [-0.05, 0) is 18.6 Å². The molecule has 23 heavy (non-hydrogen) atoms. The molecule has 0 N–H and O–H groups in total. The summed E-state index contributed by atoms with van der Waals surface area (Å²) in [5, 5.41) is 0. The van der Waals surface area contributed by atoms with Crippen molar-refractivity contribution in [3.63, 3.8) is 0 Å². The zero-order chi connectivity index (χ0) is 16.4. The molecule has 0 saturated carbocycles. The van der Waals surface area contributed by atoms with Crippen LogP contribution in [0.2, 0.25) is 0 Å². The molecule has 0 saturated heterocycles. The maximum Gasteiger partial charge on any atom is 0.320 e. The van der Waals surface area contributed by atoms with Crippen LogP contribution < -0.4 is 9.47 Å². The van der Waals surface area contributed by atoms with Gasteiger partial charge in [-0.15, -0.1) is 0 Å². The summed E-state index contributed by atoms with van der Waals surface area (Å²) in [5.74, 6) is 0.178. The standard InChI is InChI=1S/C16H20N4O3/c1-4-12-13-6-5-7-19(13)8-9-20(12)15(21)11-10-14(22-2)18-16(17-11)23-3/h5-7,10,12H,4,8-9H2,1-3H3/t12-/m1/s1. The van der Waals surface area contributed by atoms with Crippen molar-refractivity contribution in [2.24, 2.45) is 0 Å². The lowest BCUT2D eigenvalue weighted by atomic mass is 10.1. The van der Waals surface area contributed by atoms with Crippen LogP contribution in [0.5, 0.6) is 11.9 Å². The number of aromatic nitrogens is 3. The number of carbonyl (C=O) groups excluding carboxylic acids is 1. The summed E-state index contributed by atoms with van der Waals surface area (Å²) in [5.41, 5.74) is 1.44. The molecule has 1 amide bonds. The van der Waals surface area contributed by atoms with E-state index in [-0.39, 0.29) is 23.7 Å². The molecule has 3 rings (SSSR count). The molecule has 0 aromatic carbocycles. The van der Waals surface area contributed by atoms with Crippen LogP contribution in [0.15, 0.2) is 24.4 Å². The molecule has 0 unspecified atom stereocenters. The lowest BCUT2D eigenvalue weighted by Gasteiger charge is -2.36. The third kappa shape index (κ3) is 2.74. The Morgan fingerprint density at radius 1 is 1.30 bits per heavy atom. The van der Waals surface area contributed by atoms with Crippen molar-refractivity contribution in [3.8, 4) is 11.9 Å². The molecule has 1 aliphatic heterocycles. The zero-order valence-electron chi connectivity index (χ0n) is 13.5. The van der Waals surface area contributed by atoms with E-state index >= 15 is 0 Å². The van der Waals surface area contributed by atoms with Gasteiger partial charge in [0.2, 0.25) is 5.88 Å². The minimum Gasteiger partial charge on any atom is -0.481 e. The number of nitrogens with zero attached hydrogens (tertiary/aromatic N) is 4. The molecule has 2 aromatic heterocycles. The second kappa shape index (κ2) is 6.28. The van der Waals surface area contributed by atoms with Crippen LogP contribution in [0, 0.1) is 0 Å². The highest BCUT2D eigenvalue weighted by Crippen LogP contribution is 2.30. The highest BCUT2D eigenvalue weighted by atomic mass is 16.5. The van der Waals surface area contributed by atoms with Crippen molar-refractivity contribution < 1.29 is 14.3 Å². The normalized spacial score (nSPS) is 16.8. The quantitative estimate of drug-likeness (QED) is 0.861. The molecule has 2 aromatic rings. The molecule has 1 aliphatic rings. The minimum atomic E-state index is -0.136. The van der Waals surface area contributed by atoms with Gasteiger partial charge in [0.15, 0.2) is 0 Å². The van der Waals surface area contributed by atoms with Gasteiger partial charge in [0, 0.05) is 31.0 Å². The topological polar surface area (TPSA) is 69.5 Å². The predicted octanol–water partition coefficient (Wildman–Crippen LogP) is 1.90. The van der Waals surface area contributed by atoms with Gasteiger partial charge in [-0.3, -0.25) is 4.79 Å². The van der Waals surface area contributed by atoms with E-state index in [2.05, 4.69) is 33.7 Å². The average molecular weight is 316 g/mol. The molecule has 0 bridgehead atoms. The average Bonchev–Trinajstić information content (AvgIpc) is 3.08. The third-order valence-corrected chi connectivity index (χ3v) is 4.10. The lowest BCUT2D eigenvalue weighted by molar-refractivity contribution is 0.0610. The van der Waals surface area contributed by atoms with Crippen LogP contribution in [-0.2, 0) is 6.54 Å². The van der Waals surface area contributed by atoms with Crippen LogP contribution in [0.4, 0.5) is 0 Å². The Hall–Kier alpha value is -2.57. The Bertz CT molecular complexity index is 691. The first-order valence-electron chi connectivity index (χ1n) is 7.61. The van der Waals surface area contributed by atoms with Gasteiger partial charge in [0.25, 0.3) is 5.91 Å². The van der Waals surface area contributed by atoms with Gasteiger partial charge in [0.1, 0.15) is 5.69 Å². The first-order chi connectivity index (χ1) is 11.2. The summed E-state index contributed by atoms with van der Waals surface area (Å²) in [6.45, 7) is 3.51. The van der Waals surface area contributed by atoms with Crippen molar-refractivity contribution in [3.05, 3.63) is 35.8 Å². The number of rotatable bonds is 4. The lowest BCUT2D eigenvalue weighted by Crippen LogP contribution is -2.42. The highest BCUT2D eigenvalue weighted by Gasteiger charge is 2.31. The first kappa shape index (κ1) is 15.3. The fraction of sp³-hybridized carbons (Fsp3) is 0.438. The number of fused-ring (bicyclic) bond motifs is 1. The van der Waals surface area contributed by atoms with Gasteiger partial charge < -0.3 is 18.9 Å². The second-order valence-corrected chi connectivity index (χ2v) is 5.33. The Morgan fingerprint density at radius 2 is 2.13 bits per heavy atom. The largest absolute Gasteiger partial charge is 0.481 e. The van der Waals surface area contributed by atoms with Crippen LogP contribution in [0.3, 0.4) is 0 Å². The summed E-state index contributed by atoms with van der Waals surface area (Å²) in [7, 11) is 2.96. The minimum absolute atomic E-state index is 0.0400. The van der Waals surface area contributed by atoms with E-state index in [1.165, 1.54) is 14.2 Å². The van der Waals surface area contributed by atoms with Crippen molar-refractivity contribution in [1.29, 1.82) is 0 Å². The van der Waals surface area contributed by atoms with Crippen LogP contribution >= 0.6 is 0 Å². The van der Waals surface area contributed by atoms with Gasteiger partial charge in [0.05, 0.1) is 20.3 Å². The number of hydrogen-bond acceptors (Lipinski definition) is 5. The number of methoxy groups -OCH3 is 2. The molecule has 3 heterocycles. The molecule has 7 nitrogen and oxygen atoms in total. The maximum absolute atomic E-state index is 13.0. The zero-order valence-corrected chi connectivity index (χ0v) is 13.5. The summed E-state index contributed by atoms with van der Waals surface area (Å²) in [4.78, 5) is 23.0. The summed E-state index contributed by atoms with van der Waals surface area (Å²) >= 11 is 0. The predicted molar refractivity (Wildman–Crippen MR) is 83.6 cm³/mol.